The second-order valence-corrected chi connectivity index (χ2v) is 6.04. The number of benzene rings is 2. The summed E-state index contributed by atoms with van der Waals surface area (Å²) in [5.74, 6) is 0.0757. The number of aryl methyl sites for hydroxylation is 2. The molecule has 24 heavy (non-hydrogen) atoms. The molecule has 2 aromatic carbocycles. The number of nitrogens with one attached hydrogen (secondary N) is 1. The number of anilines is 1. The van der Waals surface area contributed by atoms with E-state index in [4.69, 9.17) is 0 Å². The van der Waals surface area contributed by atoms with Gasteiger partial charge in [-0.25, -0.2) is 0 Å². The van der Waals surface area contributed by atoms with E-state index in [1.54, 1.807) is 6.92 Å². The van der Waals surface area contributed by atoms with Gasteiger partial charge in [0, 0.05) is 16.8 Å². The van der Waals surface area contributed by atoms with Gasteiger partial charge in [-0.05, 0) is 37.5 Å². The topological polar surface area (TPSA) is 29.1 Å². The van der Waals surface area contributed by atoms with Gasteiger partial charge in [0.2, 0.25) is 0 Å². The summed E-state index contributed by atoms with van der Waals surface area (Å²) >= 11 is 0. The van der Waals surface area contributed by atoms with Crippen molar-refractivity contribution in [3.63, 3.8) is 0 Å². The van der Waals surface area contributed by atoms with E-state index in [1.165, 1.54) is 11.1 Å². The van der Waals surface area contributed by atoms with E-state index in [9.17, 15) is 4.79 Å². The monoisotopic (exact) mass is 315 g/mol. The molecule has 2 aromatic rings. The van der Waals surface area contributed by atoms with E-state index in [1.807, 2.05) is 36.4 Å². The van der Waals surface area contributed by atoms with E-state index < -0.39 is 0 Å². The third kappa shape index (κ3) is 3.09. The van der Waals surface area contributed by atoms with Crippen LogP contribution in [-0.2, 0) is 4.79 Å². The van der Waals surface area contributed by atoms with Crippen LogP contribution in [0.25, 0.3) is 5.70 Å². The molecule has 0 unspecified atom stereocenters. The van der Waals surface area contributed by atoms with Crippen molar-refractivity contribution in [3.05, 3.63) is 94.6 Å². The van der Waals surface area contributed by atoms with Gasteiger partial charge in [-0.1, -0.05) is 66.8 Å². The van der Waals surface area contributed by atoms with Gasteiger partial charge in [-0.2, -0.15) is 0 Å². The van der Waals surface area contributed by atoms with Crippen LogP contribution in [0.5, 0.6) is 0 Å². The minimum Gasteiger partial charge on any atom is -0.354 e. The van der Waals surface area contributed by atoms with Crippen LogP contribution in [0.3, 0.4) is 0 Å². The smallest absolute Gasteiger partial charge is 0.160 e. The van der Waals surface area contributed by atoms with E-state index in [0.717, 1.165) is 28.1 Å². The molecule has 1 N–H and O–H groups in total. The molecule has 0 spiro atoms. The van der Waals surface area contributed by atoms with Gasteiger partial charge in [0.05, 0.1) is 5.70 Å². The molecule has 2 nitrogen and oxygen atoms in total. The first-order chi connectivity index (χ1) is 11.6. The minimum absolute atomic E-state index is 0.0757. The summed E-state index contributed by atoms with van der Waals surface area (Å²) in [6.45, 7) is 5.80. The zero-order valence-corrected chi connectivity index (χ0v) is 14.3. The summed E-state index contributed by atoms with van der Waals surface area (Å²) in [6.07, 6.45) is 5.81. The summed E-state index contributed by atoms with van der Waals surface area (Å²) < 4.78 is 0. The second kappa shape index (κ2) is 6.71. The van der Waals surface area contributed by atoms with Crippen molar-refractivity contribution in [1.82, 2.24) is 0 Å². The van der Waals surface area contributed by atoms with Crippen LogP contribution in [0.4, 0.5) is 5.69 Å². The molecule has 0 amide bonds. The Balaban J connectivity index is 2.16. The Bertz CT molecular complexity index is 850. The fourth-order valence-electron chi connectivity index (χ4n) is 2.98. The van der Waals surface area contributed by atoms with Gasteiger partial charge in [0.25, 0.3) is 0 Å². The van der Waals surface area contributed by atoms with Gasteiger partial charge in [-0.3, -0.25) is 4.79 Å². The number of ketones is 1. The van der Waals surface area contributed by atoms with Crippen LogP contribution in [0.2, 0.25) is 0 Å². The SMILES string of the molecule is CC(=O)C1=CC=C/C1=C(/Nc1c(C)cccc1C)c1ccccc1. The van der Waals surface area contributed by atoms with Gasteiger partial charge < -0.3 is 5.32 Å². The van der Waals surface area contributed by atoms with Crippen molar-refractivity contribution in [1.29, 1.82) is 0 Å². The molecule has 1 aliphatic rings. The van der Waals surface area contributed by atoms with Crippen molar-refractivity contribution in [2.45, 2.75) is 20.8 Å². The Morgan fingerprint density at radius 1 is 0.917 bits per heavy atom. The third-order valence-electron chi connectivity index (χ3n) is 4.26. The Kier molecular flexibility index (Phi) is 4.48. The fraction of sp³-hybridized carbons (Fsp3) is 0.136. The Morgan fingerprint density at radius 2 is 1.58 bits per heavy atom. The lowest BCUT2D eigenvalue weighted by molar-refractivity contribution is -0.113. The number of carbonyl (C=O) groups is 1. The third-order valence-corrected chi connectivity index (χ3v) is 4.26. The van der Waals surface area contributed by atoms with Gasteiger partial charge >= 0.3 is 0 Å². The maximum absolute atomic E-state index is 12.0. The van der Waals surface area contributed by atoms with Crippen LogP contribution in [0, 0.1) is 13.8 Å². The van der Waals surface area contributed by atoms with Crippen molar-refractivity contribution >= 4 is 17.2 Å². The number of para-hydroxylation sites is 1. The lowest BCUT2D eigenvalue weighted by atomic mass is 9.98. The first-order valence-electron chi connectivity index (χ1n) is 8.10. The first-order valence-corrected chi connectivity index (χ1v) is 8.10. The van der Waals surface area contributed by atoms with Gasteiger partial charge in [0.1, 0.15) is 0 Å². The molecule has 0 aliphatic heterocycles. The molecule has 0 bridgehead atoms. The average Bonchev–Trinajstić information content (AvgIpc) is 3.05. The number of Topliss-reactive ketones (excluding diaryl/α,β-unsaturated/α-hetero) is 1. The quantitative estimate of drug-likeness (QED) is 0.839. The number of hydrogen-bond donors (Lipinski definition) is 1. The van der Waals surface area contributed by atoms with E-state index >= 15 is 0 Å². The van der Waals surface area contributed by atoms with Crippen LogP contribution >= 0.6 is 0 Å². The highest BCUT2D eigenvalue weighted by atomic mass is 16.1. The predicted octanol–water partition coefficient (Wildman–Crippen LogP) is 5.21. The highest BCUT2D eigenvalue weighted by Gasteiger charge is 2.18. The Labute approximate surface area is 143 Å². The number of carbonyl (C=O) groups excluding carboxylic acids is 1. The zero-order valence-electron chi connectivity index (χ0n) is 14.3. The molecule has 0 atom stereocenters. The second-order valence-electron chi connectivity index (χ2n) is 6.04. The number of hydrogen-bond acceptors (Lipinski definition) is 2. The molecular formula is C22H21NO. The van der Waals surface area contributed by atoms with Crippen LogP contribution in [-0.4, -0.2) is 5.78 Å². The number of rotatable bonds is 4. The molecule has 0 aromatic heterocycles. The minimum atomic E-state index is 0.0757. The zero-order chi connectivity index (χ0) is 17.1. The fourth-order valence-corrected chi connectivity index (χ4v) is 2.98. The van der Waals surface area contributed by atoms with Crippen LogP contribution in [0.1, 0.15) is 23.6 Å². The summed E-state index contributed by atoms with van der Waals surface area (Å²) in [7, 11) is 0. The Hall–Kier alpha value is -2.87. The molecule has 1 aliphatic carbocycles. The lowest BCUT2D eigenvalue weighted by Crippen LogP contribution is -2.08. The molecule has 0 saturated carbocycles. The van der Waals surface area contributed by atoms with Crippen LogP contribution in [0.15, 0.2) is 77.9 Å². The molecule has 0 heterocycles. The number of allylic oxidation sites excluding steroid dienone is 5. The molecule has 0 fully saturated rings. The van der Waals surface area contributed by atoms with Gasteiger partial charge in [0.15, 0.2) is 5.78 Å². The maximum Gasteiger partial charge on any atom is 0.160 e. The average molecular weight is 315 g/mol. The van der Waals surface area contributed by atoms with Crippen molar-refractivity contribution < 1.29 is 4.79 Å². The van der Waals surface area contributed by atoms with E-state index in [2.05, 4.69) is 49.5 Å². The van der Waals surface area contributed by atoms with Crippen molar-refractivity contribution in [2.24, 2.45) is 0 Å². The summed E-state index contributed by atoms with van der Waals surface area (Å²) in [5.41, 5.74) is 7.16. The van der Waals surface area contributed by atoms with E-state index in [0.29, 0.717) is 0 Å². The molecular weight excluding hydrogens is 294 g/mol. The predicted molar refractivity (Wildman–Crippen MR) is 101 cm³/mol. The summed E-state index contributed by atoms with van der Waals surface area (Å²) in [4.78, 5) is 12.0. The first kappa shape index (κ1) is 16.0. The molecule has 120 valence electrons. The van der Waals surface area contributed by atoms with Crippen molar-refractivity contribution in [3.8, 4) is 0 Å². The normalized spacial score (nSPS) is 15.2. The molecule has 0 radical (unpaired) electrons. The highest BCUT2D eigenvalue weighted by molar-refractivity contribution is 6.04. The lowest BCUT2D eigenvalue weighted by Gasteiger charge is -2.19. The van der Waals surface area contributed by atoms with Crippen LogP contribution < -0.4 is 5.32 Å². The maximum atomic E-state index is 12.0. The molecule has 2 heteroatoms. The van der Waals surface area contributed by atoms with Crippen molar-refractivity contribution in [2.75, 3.05) is 5.32 Å². The largest absolute Gasteiger partial charge is 0.354 e. The van der Waals surface area contributed by atoms with E-state index in [-0.39, 0.29) is 5.78 Å². The molecule has 3 rings (SSSR count). The Morgan fingerprint density at radius 3 is 2.21 bits per heavy atom. The summed E-state index contributed by atoms with van der Waals surface area (Å²) in [6, 6.07) is 16.4. The molecule has 0 saturated heterocycles. The summed E-state index contributed by atoms with van der Waals surface area (Å²) in [5, 5.41) is 3.59. The highest BCUT2D eigenvalue weighted by Crippen LogP contribution is 2.32. The standard InChI is InChI=1S/C22H21NO/c1-15-9-7-10-16(2)21(15)23-22(18-11-5-4-6-12-18)20-14-8-13-19(20)17(3)24/h4-14,23H,1-3H3/b22-20-. The van der Waals surface area contributed by atoms with Gasteiger partial charge in [-0.15, -0.1) is 0 Å².